The number of hydrogen-bond donors (Lipinski definition) is 3. The van der Waals surface area contributed by atoms with Crippen molar-refractivity contribution in [1.82, 2.24) is 5.32 Å². The van der Waals surface area contributed by atoms with Crippen molar-refractivity contribution in [3.05, 3.63) is 53.5 Å². The van der Waals surface area contributed by atoms with Crippen LogP contribution in [0.2, 0.25) is 0 Å². The number of rotatable bonds is 6. The highest BCUT2D eigenvalue weighted by molar-refractivity contribution is 5.94. The van der Waals surface area contributed by atoms with E-state index in [0.717, 1.165) is 11.3 Å². The van der Waals surface area contributed by atoms with Gasteiger partial charge < -0.3 is 20.8 Å². The molecule has 0 saturated carbocycles. The molecule has 6 nitrogen and oxygen atoms in total. The molecule has 4 N–H and O–H groups in total. The second kappa shape index (κ2) is 9.10. The van der Waals surface area contributed by atoms with Crippen molar-refractivity contribution in [1.29, 1.82) is 0 Å². The molecule has 1 aromatic heterocycles. The van der Waals surface area contributed by atoms with Crippen molar-refractivity contribution < 1.29 is 14.0 Å². The van der Waals surface area contributed by atoms with Crippen LogP contribution in [0.15, 0.2) is 41.0 Å². The fraction of sp³-hybridized carbons (Fsp3) is 0.294. The number of furan rings is 1. The maximum atomic E-state index is 12.0. The molecule has 0 fully saturated rings. The molecule has 2 aromatic rings. The van der Waals surface area contributed by atoms with Crippen molar-refractivity contribution in [3.8, 4) is 0 Å². The molecular formula is C17H22ClN3O3. The first-order chi connectivity index (χ1) is 11.0. The summed E-state index contributed by atoms with van der Waals surface area (Å²) in [7, 11) is 0. The van der Waals surface area contributed by atoms with Crippen molar-refractivity contribution in [2.75, 3.05) is 5.32 Å². The van der Waals surface area contributed by atoms with Gasteiger partial charge in [0.25, 0.3) is 5.91 Å². The van der Waals surface area contributed by atoms with Crippen molar-refractivity contribution >= 4 is 29.9 Å². The van der Waals surface area contributed by atoms with E-state index in [2.05, 4.69) is 10.6 Å². The molecule has 1 aromatic carbocycles. The lowest BCUT2D eigenvalue weighted by molar-refractivity contribution is -0.118. The molecule has 0 radical (unpaired) electrons. The van der Waals surface area contributed by atoms with Gasteiger partial charge in [0.1, 0.15) is 12.0 Å². The number of carbonyl (C=O) groups excluding carboxylic acids is 2. The van der Waals surface area contributed by atoms with E-state index in [1.165, 1.54) is 6.26 Å². The minimum absolute atomic E-state index is 0. The Kier molecular flexibility index (Phi) is 7.48. The van der Waals surface area contributed by atoms with Crippen LogP contribution in [0.1, 0.15) is 35.5 Å². The number of hydrogen-bond acceptors (Lipinski definition) is 4. The molecule has 0 aliphatic carbocycles. The minimum Gasteiger partial charge on any atom is -0.467 e. The Bertz CT molecular complexity index is 681. The lowest BCUT2D eigenvalue weighted by atomic mass is 10.1. The second-order valence-corrected chi connectivity index (χ2v) is 5.53. The average molecular weight is 352 g/mol. The molecule has 0 aliphatic heterocycles. The van der Waals surface area contributed by atoms with Gasteiger partial charge in [0, 0.05) is 18.2 Å². The van der Waals surface area contributed by atoms with E-state index in [1.807, 2.05) is 38.1 Å². The van der Waals surface area contributed by atoms with Crippen LogP contribution in [0.3, 0.4) is 0 Å². The van der Waals surface area contributed by atoms with Gasteiger partial charge in [0.05, 0.1) is 12.1 Å². The number of benzene rings is 1. The third-order valence-electron chi connectivity index (χ3n) is 3.32. The van der Waals surface area contributed by atoms with E-state index in [4.69, 9.17) is 10.2 Å². The molecule has 0 spiro atoms. The van der Waals surface area contributed by atoms with Gasteiger partial charge in [-0.2, -0.15) is 0 Å². The van der Waals surface area contributed by atoms with Gasteiger partial charge in [-0.1, -0.05) is 26.0 Å². The lowest BCUT2D eigenvalue weighted by Crippen LogP contribution is -2.22. The highest BCUT2D eigenvalue weighted by Crippen LogP contribution is 2.12. The van der Waals surface area contributed by atoms with Gasteiger partial charge >= 0.3 is 0 Å². The van der Waals surface area contributed by atoms with Crippen LogP contribution < -0.4 is 16.4 Å². The zero-order chi connectivity index (χ0) is 16.8. The lowest BCUT2D eigenvalue weighted by Gasteiger charge is -2.09. The minimum atomic E-state index is -0.217. The number of nitrogens with two attached hydrogens (primary N) is 1. The van der Waals surface area contributed by atoms with Crippen LogP contribution in [-0.2, 0) is 17.9 Å². The van der Waals surface area contributed by atoms with Crippen molar-refractivity contribution in [2.45, 2.75) is 26.9 Å². The van der Waals surface area contributed by atoms with E-state index in [9.17, 15) is 9.59 Å². The van der Waals surface area contributed by atoms with Crippen LogP contribution in [-0.4, -0.2) is 11.8 Å². The van der Waals surface area contributed by atoms with Gasteiger partial charge in [0.15, 0.2) is 0 Å². The monoisotopic (exact) mass is 351 g/mol. The maximum Gasteiger partial charge on any atom is 0.254 e. The van der Waals surface area contributed by atoms with E-state index in [1.54, 1.807) is 6.07 Å². The van der Waals surface area contributed by atoms with Crippen LogP contribution in [0.25, 0.3) is 0 Å². The number of anilines is 1. The van der Waals surface area contributed by atoms with Gasteiger partial charge in [-0.25, -0.2) is 0 Å². The third-order valence-corrected chi connectivity index (χ3v) is 3.32. The SMILES string of the molecule is CC(C)C(=O)Nc1ccc(CNC(=O)c2coc(CN)c2)cc1.Cl. The van der Waals surface area contributed by atoms with Crippen molar-refractivity contribution in [2.24, 2.45) is 11.7 Å². The first kappa shape index (κ1) is 19.7. The topological polar surface area (TPSA) is 97.4 Å². The van der Waals surface area contributed by atoms with Gasteiger partial charge in [0.2, 0.25) is 5.91 Å². The molecule has 0 saturated heterocycles. The normalized spacial score (nSPS) is 10.2. The van der Waals surface area contributed by atoms with Crippen LogP contribution in [0.4, 0.5) is 5.69 Å². The number of nitrogens with one attached hydrogen (secondary N) is 2. The molecule has 24 heavy (non-hydrogen) atoms. The number of amides is 2. The summed E-state index contributed by atoms with van der Waals surface area (Å²) >= 11 is 0. The number of carbonyl (C=O) groups is 2. The van der Waals surface area contributed by atoms with Crippen LogP contribution in [0.5, 0.6) is 0 Å². The average Bonchev–Trinajstić information content (AvgIpc) is 3.03. The predicted octanol–water partition coefficient (Wildman–Crippen LogP) is 2.68. The number of halogens is 1. The van der Waals surface area contributed by atoms with Crippen LogP contribution in [0, 0.1) is 5.92 Å². The molecular weight excluding hydrogens is 330 g/mol. The summed E-state index contributed by atoms with van der Waals surface area (Å²) in [6.07, 6.45) is 1.39. The highest BCUT2D eigenvalue weighted by atomic mass is 35.5. The van der Waals surface area contributed by atoms with Gasteiger partial charge in [-0.15, -0.1) is 12.4 Å². The summed E-state index contributed by atoms with van der Waals surface area (Å²) in [5, 5.41) is 5.62. The van der Waals surface area contributed by atoms with Crippen LogP contribution >= 0.6 is 12.4 Å². The Morgan fingerprint density at radius 1 is 1.21 bits per heavy atom. The largest absolute Gasteiger partial charge is 0.467 e. The van der Waals surface area contributed by atoms with E-state index >= 15 is 0 Å². The second-order valence-electron chi connectivity index (χ2n) is 5.53. The molecule has 2 rings (SSSR count). The summed E-state index contributed by atoms with van der Waals surface area (Å²) in [6.45, 7) is 4.33. The molecule has 2 amide bonds. The summed E-state index contributed by atoms with van der Waals surface area (Å²) in [6, 6.07) is 8.96. The fourth-order valence-corrected chi connectivity index (χ4v) is 1.88. The Balaban J connectivity index is 0.00000288. The van der Waals surface area contributed by atoms with Gasteiger partial charge in [-0.05, 0) is 23.8 Å². The summed E-state index contributed by atoms with van der Waals surface area (Å²) in [5.74, 6) is 0.259. The predicted molar refractivity (Wildman–Crippen MR) is 94.9 cm³/mol. The summed E-state index contributed by atoms with van der Waals surface area (Å²) in [5.41, 5.74) is 7.56. The van der Waals surface area contributed by atoms with Gasteiger partial charge in [-0.3, -0.25) is 9.59 Å². The summed E-state index contributed by atoms with van der Waals surface area (Å²) in [4.78, 5) is 23.6. The Morgan fingerprint density at radius 2 is 1.88 bits per heavy atom. The standard InChI is InChI=1S/C17H21N3O3.ClH/c1-11(2)16(21)20-14-5-3-12(4-6-14)9-19-17(22)13-7-15(8-18)23-10-13;/h3-7,10-11H,8-9,18H2,1-2H3,(H,19,22)(H,20,21);1H. The molecule has 0 unspecified atom stereocenters. The Labute approximate surface area is 147 Å². The Morgan fingerprint density at radius 3 is 2.42 bits per heavy atom. The zero-order valence-electron chi connectivity index (χ0n) is 13.7. The Hall–Kier alpha value is -2.31. The molecule has 0 atom stereocenters. The molecule has 130 valence electrons. The van der Waals surface area contributed by atoms with E-state index < -0.39 is 0 Å². The van der Waals surface area contributed by atoms with E-state index in [0.29, 0.717) is 17.9 Å². The molecule has 0 aliphatic rings. The maximum absolute atomic E-state index is 12.0. The molecule has 0 bridgehead atoms. The van der Waals surface area contributed by atoms with E-state index in [-0.39, 0.29) is 36.7 Å². The highest BCUT2D eigenvalue weighted by Gasteiger charge is 2.10. The summed E-state index contributed by atoms with van der Waals surface area (Å²) < 4.78 is 5.13. The first-order valence-corrected chi connectivity index (χ1v) is 7.45. The molecule has 7 heteroatoms. The molecule has 1 heterocycles. The first-order valence-electron chi connectivity index (χ1n) is 7.45. The van der Waals surface area contributed by atoms with Crippen molar-refractivity contribution in [3.63, 3.8) is 0 Å². The fourth-order valence-electron chi connectivity index (χ4n) is 1.88. The smallest absolute Gasteiger partial charge is 0.254 e. The zero-order valence-corrected chi connectivity index (χ0v) is 14.5. The third kappa shape index (κ3) is 5.40. The quantitative estimate of drug-likeness (QED) is 0.745.